The number of carbonyl (C=O) groups excluding carboxylic acids is 1. The van der Waals surface area contributed by atoms with Crippen LogP contribution >= 0.6 is 23.7 Å². The second-order valence-corrected chi connectivity index (χ2v) is 7.59. The summed E-state index contributed by atoms with van der Waals surface area (Å²) >= 11 is 1.49. The number of anilines is 1. The van der Waals surface area contributed by atoms with Crippen LogP contribution < -0.4 is 9.64 Å². The van der Waals surface area contributed by atoms with Crippen molar-refractivity contribution in [2.45, 2.75) is 20.4 Å². The van der Waals surface area contributed by atoms with Crippen molar-refractivity contribution in [3.05, 3.63) is 35.7 Å². The molecule has 0 saturated carbocycles. The molecule has 28 heavy (non-hydrogen) atoms. The number of rotatable bonds is 7. The molecule has 1 amide bonds. The van der Waals surface area contributed by atoms with Crippen molar-refractivity contribution in [3.63, 3.8) is 0 Å². The van der Waals surface area contributed by atoms with Crippen LogP contribution in [0, 0.1) is 6.92 Å². The molecule has 0 fully saturated rings. The number of likely N-dealkylation sites (N-methyl/N-ethyl adjacent to an activating group) is 1. The van der Waals surface area contributed by atoms with Gasteiger partial charge in [0.2, 0.25) is 0 Å². The van der Waals surface area contributed by atoms with E-state index in [1.165, 1.54) is 11.3 Å². The Kier molecular flexibility index (Phi) is 7.40. The van der Waals surface area contributed by atoms with Gasteiger partial charge < -0.3 is 9.64 Å². The standard InChI is InChI=1S/C19H25N5O2S.ClH/c1-6-24-13(2)11-16(21-24)18(25)23(10-9-22(3)4)19-20-15-8-7-14(26-5)12-17(15)27-19;/h7-8,11-12H,6,9-10H2,1-5H3;1H. The number of halogens is 1. The Morgan fingerprint density at radius 2 is 2.00 bits per heavy atom. The van der Waals surface area contributed by atoms with Gasteiger partial charge in [-0.1, -0.05) is 11.3 Å². The van der Waals surface area contributed by atoms with Gasteiger partial charge in [0.05, 0.1) is 17.3 Å². The summed E-state index contributed by atoms with van der Waals surface area (Å²) in [7, 11) is 5.62. The molecular formula is C19H26ClN5O2S. The number of aryl methyl sites for hydroxylation is 2. The molecule has 7 nitrogen and oxygen atoms in total. The third-order valence-electron chi connectivity index (χ3n) is 4.33. The molecule has 0 aliphatic heterocycles. The van der Waals surface area contributed by atoms with E-state index in [1.54, 1.807) is 12.0 Å². The maximum absolute atomic E-state index is 13.2. The molecule has 152 valence electrons. The maximum Gasteiger partial charge on any atom is 0.280 e. The van der Waals surface area contributed by atoms with Crippen LogP contribution in [-0.4, -0.2) is 59.9 Å². The lowest BCUT2D eigenvalue weighted by atomic mass is 10.3. The monoisotopic (exact) mass is 423 g/mol. The first kappa shape index (κ1) is 22.1. The predicted octanol–water partition coefficient (Wildman–Crippen LogP) is 3.46. The number of benzene rings is 1. The third-order valence-corrected chi connectivity index (χ3v) is 5.37. The number of fused-ring (bicyclic) bond motifs is 1. The minimum Gasteiger partial charge on any atom is -0.497 e. The summed E-state index contributed by atoms with van der Waals surface area (Å²) in [4.78, 5) is 21.7. The number of aromatic nitrogens is 3. The number of thiazole rings is 1. The van der Waals surface area contributed by atoms with Crippen LogP contribution in [0.1, 0.15) is 23.1 Å². The Balaban J connectivity index is 0.00000280. The number of carbonyl (C=O) groups is 1. The Bertz CT molecular complexity index is 953. The van der Waals surface area contributed by atoms with Crippen LogP contribution in [0.3, 0.4) is 0 Å². The third kappa shape index (κ3) is 4.63. The number of amides is 1. The molecule has 0 saturated heterocycles. The van der Waals surface area contributed by atoms with Crippen molar-refractivity contribution >= 4 is 45.0 Å². The van der Waals surface area contributed by atoms with E-state index in [9.17, 15) is 4.79 Å². The van der Waals surface area contributed by atoms with Crippen LogP contribution in [0.5, 0.6) is 5.75 Å². The van der Waals surface area contributed by atoms with Crippen molar-refractivity contribution < 1.29 is 9.53 Å². The fraction of sp³-hybridized carbons (Fsp3) is 0.421. The summed E-state index contributed by atoms with van der Waals surface area (Å²) < 4.78 is 8.12. The van der Waals surface area contributed by atoms with E-state index in [1.807, 2.05) is 61.8 Å². The van der Waals surface area contributed by atoms with Crippen molar-refractivity contribution in [1.82, 2.24) is 19.7 Å². The van der Waals surface area contributed by atoms with Gasteiger partial charge in [-0.05, 0) is 52.2 Å². The Morgan fingerprint density at radius 1 is 1.25 bits per heavy atom. The molecule has 0 spiro atoms. The molecule has 0 radical (unpaired) electrons. The van der Waals surface area contributed by atoms with Crippen LogP contribution in [0.2, 0.25) is 0 Å². The van der Waals surface area contributed by atoms with Crippen LogP contribution in [0.25, 0.3) is 10.2 Å². The lowest BCUT2D eigenvalue weighted by Crippen LogP contribution is -2.37. The van der Waals surface area contributed by atoms with E-state index >= 15 is 0 Å². The van der Waals surface area contributed by atoms with Crippen LogP contribution in [0.4, 0.5) is 5.13 Å². The number of methoxy groups -OCH3 is 1. The average Bonchev–Trinajstić information content (AvgIpc) is 3.23. The summed E-state index contributed by atoms with van der Waals surface area (Å²) in [6.45, 7) is 5.98. The Hall–Kier alpha value is -2.16. The quantitative estimate of drug-likeness (QED) is 0.582. The van der Waals surface area contributed by atoms with E-state index in [-0.39, 0.29) is 18.3 Å². The van der Waals surface area contributed by atoms with E-state index in [0.717, 1.165) is 34.7 Å². The van der Waals surface area contributed by atoms with E-state index < -0.39 is 0 Å². The number of hydrogen-bond donors (Lipinski definition) is 0. The van der Waals surface area contributed by atoms with E-state index in [2.05, 4.69) is 10.1 Å². The summed E-state index contributed by atoms with van der Waals surface area (Å²) in [5, 5.41) is 5.13. The first-order valence-corrected chi connectivity index (χ1v) is 9.70. The smallest absolute Gasteiger partial charge is 0.280 e. The largest absolute Gasteiger partial charge is 0.497 e. The second-order valence-electron chi connectivity index (χ2n) is 6.58. The molecule has 3 rings (SSSR count). The Labute approximate surface area is 175 Å². The average molecular weight is 424 g/mol. The molecule has 0 aliphatic rings. The first-order chi connectivity index (χ1) is 12.9. The molecule has 0 N–H and O–H groups in total. The fourth-order valence-electron chi connectivity index (χ4n) is 2.79. The van der Waals surface area contributed by atoms with Gasteiger partial charge in [-0.25, -0.2) is 4.98 Å². The van der Waals surface area contributed by atoms with Gasteiger partial charge in [-0.15, -0.1) is 12.4 Å². The zero-order valence-corrected chi connectivity index (χ0v) is 18.4. The van der Waals surface area contributed by atoms with Crippen molar-refractivity contribution in [2.24, 2.45) is 0 Å². The summed E-state index contributed by atoms with van der Waals surface area (Å²) in [5.74, 6) is 0.652. The minimum absolute atomic E-state index is 0. The van der Waals surface area contributed by atoms with Gasteiger partial charge in [-0.2, -0.15) is 5.10 Å². The minimum atomic E-state index is -0.127. The predicted molar refractivity (Wildman–Crippen MR) is 116 cm³/mol. The lowest BCUT2D eigenvalue weighted by Gasteiger charge is -2.21. The lowest BCUT2D eigenvalue weighted by molar-refractivity contribution is 0.0979. The maximum atomic E-state index is 13.2. The van der Waals surface area contributed by atoms with Gasteiger partial charge in [0.15, 0.2) is 10.8 Å². The van der Waals surface area contributed by atoms with Gasteiger partial charge in [0.1, 0.15) is 5.75 Å². The first-order valence-electron chi connectivity index (χ1n) is 8.88. The van der Waals surface area contributed by atoms with Gasteiger partial charge in [0.25, 0.3) is 5.91 Å². The van der Waals surface area contributed by atoms with Crippen LogP contribution in [0.15, 0.2) is 24.3 Å². The Morgan fingerprint density at radius 3 is 2.61 bits per heavy atom. The molecule has 9 heteroatoms. The topological polar surface area (TPSA) is 63.5 Å². The van der Waals surface area contributed by atoms with Crippen LogP contribution in [-0.2, 0) is 6.54 Å². The highest BCUT2D eigenvalue weighted by Crippen LogP contribution is 2.32. The summed E-state index contributed by atoms with van der Waals surface area (Å²) in [6, 6.07) is 7.58. The van der Waals surface area contributed by atoms with E-state index in [0.29, 0.717) is 17.4 Å². The van der Waals surface area contributed by atoms with Gasteiger partial charge in [-0.3, -0.25) is 14.4 Å². The molecule has 0 unspecified atom stereocenters. The highest BCUT2D eigenvalue weighted by atomic mass is 35.5. The van der Waals surface area contributed by atoms with Crippen molar-refractivity contribution in [1.29, 1.82) is 0 Å². The molecule has 2 aromatic heterocycles. The molecule has 0 aliphatic carbocycles. The van der Waals surface area contributed by atoms with Gasteiger partial charge in [0, 0.05) is 25.3 Å². The molecule has 1 aromatic carbocycles. The van der Waals surface area contributed by atoms with Crippen molar-refractivity contribution in [2.75, 3.05) is 39.2 Å². The highest BCUT2D eigenvalue weighted by Gasteiger charge is 2.24. The van der Waals surface area contributed by atoms with E-state index in [4.69, 9.17) is 4.74 Å². The number of nitrogens with zero attached hydrogens (tertiary/aromatic N) is 5. The number of ether oxygens (including phenoxy) is 1. The summed E-state index contributed by atoms with van der Waals surface area (Å²) in [6.07, 6.45) is 0. The SMILES string of the molecule is CCn1nc(C(=O)N(CCN(C)C)c2nc3ccc(OC)cc3s2)cc1C.Cl. The molecule has 0 bridgehead atoms. The summed E-state index contributed by atoms with van der Waals surface area (Å²) in [5.41, 5.74) is 2.28. The fourth-order valence-corrected chi connectivity index (χ4v) is 3.81. The van der Waals surface area contributed by atoms with Gasteiger partial charge >= 0.3 is 0 Å². The molecule has 2 heterocycles. The zero-order chi connectivity index (χ0) is 19.6. The highest BCUT2D eigenvalue weighted by molar-refractivity contribution is 7.22. The molecule has 3 aromatic rings. The molecular weight excluding hydrogens is 398 g/mol. The molecule has 0 atom stereocenters. The number of hydrogen-bond acceptors (Lipinski definition) is 6. The van der Waals surface area contributed by atoms with Crippen molar-refractivity contribution in [3.8, 4) is 5.75 Å². The normalized spacial score (nSPS) is 10.9. The zero-order valence-electron chi connectivity index (χ0n) is 16.8. The second kappa shape index (κ2) is 9.36.